The summed E-state index contributed by atoms with van der Waals surface area (Å²) in [5, 5.41) is 9.86. The molecule has 452 valence electrons. The van der Waals surface area contributed by atoms with Gasteiger partial charge in [0, 0.05) is 19.3 Å². The SMILES string of the molecule is CC/C=C\C/C=C\C/C=C\C/C=C\CCCCCCCCC(=O)OC(COC(=O)CCCCCCC/C=C\C/C=C\CCC)COP(=O)(O)OCC(CO)OC(=O)CCCCCCCCCCCCCCCCCCCCC. The van der Waals surface area contributed by atoms with Crippen molar-refractivity contribution >= 4 is 25.7 Å². The van der Waals surface area contributed by atoms with Gasteiger partial charge in [0.05, 0.1) is 19.8 Å². The van der Waals surface area contributed by atoms with E-state index in [1.54, 1.807) is 0 Å². The quantitative estimate of drug-likeness (QED) is 0.0197. The fourth-order valence-corrected chi connectivity index (χ4v) is 9.58. The Hall–Kier alpha value is -3.08. The molecular weight excluding hydrogens is 1000 g/mol. The minimum Gasteiger partial charge on any atom is -0.462 e. The average Bonchev–Trinajstić information content (AvgIpc) is 3.43. The van der Waals surface area contributed by atoms with Gasteiger partial charge in [-0.3, -0.25) is 23.4 Å². The van der Waals surface area contributed by atoms with Gasteiger partial charge < -0.3 is 24.2 Å². The van der Waals surface area contributed by atoms with Crippen molar-refractivity contribution in [3.8, 4) is 0 Å². The number of phosphoric acid groups is 1. The number of phosphoric ester groups is 1. The average molecular weight is 1120 g/mol. The Morgan fingerprint density at radius 2 is 0.692 bits per heavy atom. The molecule has 0 bridgehead atoms. The molecule has 78 heavy (non-hydrogen) atoms. The van der Waals surface area contributed by atoms with E-state index in [0.717, 1.165) is 128 Å². The molecule has 0 aliphatic carbocycles. The summed E-state index contributed by atoms with van der Waals surface area (Å²) < 4.78 is 39.6. The number of carbonyl (C=O) groups is 3. The van der Waals surface area contributed by atoms with Crippen molar-refractivity contribution in [3.05, 3.63) is 72.9 Å². The molecule has 2 N–H and O–H groups in total. The minimum absolute atomic E-state index is 0.147. The predicted octanol–water partition coefficient (Wildman–Crippen LogP) is 19.3. The lowest BCUT2D eigenvalue weighted by Crippen LogP contribution is -2.30. The number of allylic oxidation sites excluding steroid dienone is 12. The molecule has 12 heteroatoms. The molecule has 0 aliphatic rings. The first-order valence-electron chi connectivity index (χ1n) is 31.8. The molecule has 0 saturated carbocycles. The van der Waals surface area contributed by atoms with Gasteiger partial charge in [-0.2, -0.15) is 0 Å². The summed E-state index contributed by atoms with van der Waals surface area (Å²) in [6, 6.07) is 0. The monoisotopic (exact) mass is 1120 g/mol. The molecule has 0 fully saturated rings. The Bertz CT molecular complexity index is 1590. The lowest BCUT2D eigenvalue weighted by Gasteiger charge is -2.21. The van der Waals surface area contributed by atoms with Crippen LogP contribution in [0.5, 0.6) is 0 Å². The Morgan fingerprint density at radius 3 is 1.08 bits per heavy atom. The highest BCUT2D eigenvalue weighted by Crippen LogP contribution is 2.43. The van der Waals surface area contributed by atoms with Crippen LogP contribution in [0.15, 0.2) is 72.9 Å². The molecule has 0 heterocycles. The van der Waals surface area contributed by atoms with E-state index >= 15 is 0 Å². The third-order valence-electron chi connectivity index (χ3n) is 13.6. The highest BCUT2D eigenvalue weighted by molar-refractivity contribution is 7.47. The maximum atomic E-state index is 12.9. The summed E-state index contributed by atoms with van der Waals surface area (Å²) in [6.07, 6.45) is 68.5. The number of hydrogen-bond donors (Lipinski definition) is 2. The van der Waals surface area contributed by atoms with Crippen LogP contribution >= 0.6 is 7.82 Å². The molecular formula is C66H117O11P. The minimum atomic E-state index is -4.76. The molecule has 0 aromatic heterocycles. The molecule has 11 nitrogen and oxygen atoms in total. The first-order valence-corrected chi connectivity index (χ1v) is 33.3. The van der Waals surface area contributed by atoms with E-state index in [1.165, 1.54) is 103 Å². The highest BCUT2D eigenvalue weighted by atomic mass is 31.2. The molecule has 0 radical (unpaired) electrons. The van der Waals surface area contributed by atoms with Gasteiger partial charge in [0.1, 0.15) is 12.7 Å². The van der Waals surface area contributed by atoms with Gasteiger partial charge >= 0.3 is 25.7 Å². The van der Waals surface area contributed by atoms with Crippen LogP contribution in [-0.2, 0) is 42.2 Å². The van der Waals surface area contributed by atoms with E-state index in [-0.39, 0.29) is 25.9 Å². The third-order valence-corrected chi connectivity index (χ3v) is 14.5. The first-order chi connectivity index (χ1) is 38.2. The second-order valence-electron chi connectivity index (χ2n) is 21.2. The van der Waals surface area contributed by atoms with Crippen LogP contribution in [-0.4, -0.2) is 66.5 Å². The lowest BCUT2D eigenvalue weighted by atomic mass is 10.0. The summed E-state index contributed by atoms with van der Waals surface area (Å²) in [7, 11) is -4.76. The Morgan fingerprint density at radius 1 is 0.372 bits per heavy atom. The van der Waals surface area contributed by atoms with Crippen molar-refractivity contribution in [2.75, 3.05) is 26.4 Å². The van der Waals surface area contributed by atoms with Gasteiger partial charge in [0.2, 0.25) is 0 Å². The number of aliphatic hydroxyl groups is 1. The van der Waals surface area contributed by atoms with E-state index in [1.807, 2.05) is 0 Å². The predicted molar refractivity (Wildman–Crippen MR) is 325 cm³/mol. The maximum absolute atomic E-state index is 12.9. The van der Waals surface area contributed by atoms with E-state index in [4.69, 9.17) is 23.3 Å². The van der Waals surface area contributed by atoms with Crippen molar-refractivity contribution < 1.29 is 52.2 Å². The fraction of sp³-hybridized carbons (Fsp3) is 0.773. The van der Waals surface area contributed by atoms with Crippen LogP contribution in [0, 0.1) is 0 Å². The smallest absolute Gasteiger partial charge is 0.462 e. The van der Waals surface area contributed by atoms with Crippen LogP contribution in [0.25, 0.3) is 0 Å². The zero-order valence-electron chi connectivity index (χ0n) is 50.1. The zero-order chi connectivity index (χ0) is 56.9. The van der Waals surface area contributed by atoms with Gasteiger partial charge in [0.15, 0.2) is 6.10 Å². The molecule has 0 aromatic rings. The normalized spacial score (nSPS) is 13.8. The van der Waals surface area contributed by atoms with Gasteiger partial charge in [0.25, 0.3) is 0 Å². The number of aliphatic hydroxyl groups excluding tert-OH is 1. The van der Waals surface area contributed by atoms with Gasteiger partial charge in [-0.25, -0.2) is 4.57 Å². The van der Waals surface area contributed by atoms with Crippen molar-refractivity contribution in [3.63, 3.8) is 0 Å². The summed E-state index contributed by atoms with van der Waals surface area (Å²) >= 11 is 0. The molecule has 3 atom stereocenters. The maximum Gasteiger partial charge on any atom is 0.472 e. The van der Waals surface area contributed by atoms with Crippen LogP contribution in [0.2, 0.25) is 0 Å². The van der Waals surface area contributed by atoms with Gasteiger partial charge in [-0.1, -0.05) is 261 Å². The molecule has 0 rings (SSSR count). The molecule has 0 saturated heterocycles. The highest BCUT2D eigenvalue weighted by Gasteiger charge is 2.28. The molecule has 0 aromatic carbocycles. The van der Waals surface area contributed by atoms with Crippen LogP contribution in [0.1, 0.15) is 290 Å². The van der Waals surface area contributed by atoms with E-state index < -0.39 is 57.8 Å². The Kier molecular flexibility index (Phi) is 57.7. The fourth-order valence-electron chi connectivity index (χ4n) is 8.80. The largest absolute Gasteiger partial charge is 0.472 e. The van der Waals surface area contributed by atoms with Crippen LogP contribution in [0.3, 0.4) is 0 Å². The summed E-state index contributed by atoms with van der Waals surface area (Å²) in [6.45, 7) is 4.48. The van der Waals surface area contributed by atoms with Crippen LogP contribution < -0.4 is 0 Å². The molecule has 0 amide bonds. The number of rotatable bonds is 59. The van der Waals surface area contributed by atoms with Gasteiger partial charge in [-0.15, -0.1) is 0 Å². The van der Waals surface area contributed by atoms with Crippen molar-refractivity contribution in [1.82, 2.24) is 0 Å². The Balaban J connectivity index is 4.66. The number of ether oxygens (including phenoxy) is 3. The van der Waals surface area contributed by atoms with Crippen molar-refractivity contribution in [2.45, 2.75) is 303 Å². The van der Waals surface area contributed by atoms with Crippen molar-refractivity contribution in [2.24, 2.45) is 0 Å². The Labute approximate surface area is 478 Å². The number of unbranched alkanes of at least 4 members (excludes halogenated alkanes) is 30. The number of esters is 3. The van der Waals surface area contributed by atoms with E-state index in [2.05, 4.69) is 93.7 Å². The van der Waals surface area contributed by atoms with Crippen LogP contribution in [0.4, 0.5) is 0 Å². The first kappa shape index (κ1) is 74.9. The summed E-state index contributed by atoms with van der Waals surface area (Å²) in [5.41, 5.74) is 0. The topological polar surface area (TPSA) is 155 Å². The lowest BCUT2D eigenvalue weighted by molar-refractivity contribution is -0.161. The number of carbonyl (C=O) groups excluding carboxylic acids is 3. The number of hydrogen-bond acceptors (Lipinski definition) is 10. The second kappa shape index (κ2) is 60.0. The third kappa shape index (κ3) is 57.6. The molecule has 3 unspecified atom stereocenters. The van der Waals surface area contributed by atoms with E-state index in [9.17, 15) is 28.9 Å². The van der Waals surface area contributed by atoms with Crippen molar-refractivity contribution in [1.29, 1.82) is 0 Å². The molecule has 0 aliphatic heterocycles. The van der Waals surface area contributed by atoms with E-state index in [0.29, 0.717) is 19.3 Å². The van der Waals surface area contributed by atoms with Gasteiger partial charge in [-0.05, 0) is 83.5 Å². The zero-order valence-corrected chi connectivity index (χ0v) is 51.0. The second-order valence-corrected chi connectivity index (χ2v) is 22.7. The standard InChI is InChI=1S/C66H117O11P/c1-4-7-10-13-16-19-22-25-27-29-31-33-35-38-41-44-47-50-53-56-65(69)76-62(58-67)60-74-78(71,72)75-61-63(59-73-64(68)55-52-49-46-43-40-37-24-21-18-15-12-9-6-3)77-66(70)57-54-51-48-45-42-39-36-34-32-30-28-26-23-20-17-14-11-8-5-2/h8,11-12,15,17,20-21,24,26,28,32,34,62-63,67H,4-7,9-10,13-14,16,18-19,22-23,25,27,29-31,33,35-61H2,1-3H3,(H,71,72)/b11-8-,15-12-,20-17-,24-21-,28-26-,34-32-. The summed E-state index contributed by atoms with van der Waals surface area (Å²) in [5.74, 6) is -1.49. The summed E-state index contributed by atoms with van der Waals surface area (Å²) in [4.78, 5) is 48.7. The molecule has 0 spiro atoms.